The van der Waals surface area contributed by atoms with E-state index in [0.29, 0.717) is 12.2 Å². The van der Waals surface area contributed by atoms with Crippen molar-refractivity contribution >= 4 is 18.0 Å². The standard InChI is InChI=1S/C17H15NO4/c1-2-16(19)22-15-10-8-13(9-11-15)6-4-3-5-7-14(12-18)17(20)21/h3-11H,2H2,1H3,(H,20,21). The molecule has 5 nitrogen and oxygen atoms in total. The predicted molar refractivity (Wildman–Crippen MR) is 81.9 cm³/mol. The Labute approximate surface area is 128 Å². The largest absolute Gasteiger partial charge is 0.477 e. The van der Waals surface area contributed by atoms with E-state index in [4.69, 9.17) is 15.1 Å². The van der Waals surface area contributed by atoms with E-state index < -0.39 is 5.97 Å². The lowest BCUT2D eigenvalue weighted by atomic mass is 10.2. The summed E-state index contributed by atoms with van der Waals surface area (Å²) in [5.41, 5.74) is 0.565. The molecule has 0 bridgehead atoms. The van der Waals surface area contributed by atoms with Gasteiger partial charge in [0.1, 0.15) is 17.4 Å². The molecule has 0 unspecified atom stereocenters. The maximum atomic E-state index is 11.1. The number of carboxylic acid groups (broad SMARTS) is 1. The monoisotopic (exact) mass is 297 g/mol. The SMILES string of the molecule is CCC(=O)Oc1ccc(C=CC=CC=C(C#N)C(=O)O)cc1. The Morgan fingerprint density at radius 1 is 1.23 bits per heavy atom. The number of carboxylic acids is 1. The first-order valence-corrected chi connectivity index (χ1v) is 6.56. The van der Waals surface area contributed by atoms with Crippen molar-refractivity contribution in [3.63, 3.8) is 0 Å². The van der Waals surface area contributed by atoms with Crippen LogP contribution in [0, 0.1) is 11.3 Å². The van der Waals surface area contributed by atoms with Gasteiger partial charge < -0.3 is 9.84 Å². The number of hydrogen-bond donors (Lipinski definition) is 1. The van der Waals surface area contributed by atoms with Crippen molar-refractivity contribution in [3.05, 3.63) is 59.7 Å². The highest BCUT2D eigenvalue weighted by Gasteiger charge is 2.02. The van der Waals surface area contributed by atoms with Crippen molar-refractivity contribution in [1.82, 2.24) is 0 Å². The highest BCUT2D eigenvalue weighted by molar-refractivity contribution is 5.91. The Balaban J connectivity index is 2.62. The van der Waals surface area contributed by atoms with Gasteiger partial charge in [0.2, 0.25) is 0 Å². The number of carbonyl (C=O) groups excluding carboxylic acids is 1. The van der Waals surface area contributed by atoms with Crippen LogP contribution in [0.5, 0.6) is 5.75 Å². The fourth-order valence-corrected chi connectivity index (χ4v) is 1.39. The summed E-state index contributed by atoms with van der Waals surface area (Å²) >= 11 is 0. The average molecular weight is 297 g/mol. The minimum absolute atomic E-state index is 0.287. The third-order valence-electron chi connectivity index (χ3n) is 2.53. The number of carbonyl (C=O) groups is 2. The van der Waals surface area contributed by atoms with Gasteiger partial charge in [-0.1, -0.05) is 43.4 Å². The van der Waals surface area contributed by atoms with Gasteiger partial charge in [0, 0.05) is 6.42 Å². The number of nitrogens with zero attached hydrogens (tertiary/aromatic N) is 1. The normalized spacial score (nSPS) is 11.5. The first-order chi connectivity index (χ1) is 10.6. The molecule has 1 rings (SSSR count). The molecule has 0 saturated heterocycles. The van der Waals surface area contributed by atoms with Gasteiger partial charge in [-0.05, 0) is 23.8 Å². The van der Waals surface area contributed by atoms with Gasteiger partial charge in [0.15, 0.2) is 0 Å². The molecule has 5 heteroatoms. The second-order valence-corrected chi connectivity index (χ2v) is 4.14. The van der Waals surface area contributed by atoms with E-state index in [1.54, 1.807) is 55.5 Å². The van der Waals surface area contributed by atoms with Gasteiger partial charge in [0.25, 0.3) is 0 Å². The van der Waals surface area contributed by atoms with Gasteiger partial charge in [0.05, 0.1) is 0 Å². The molecule has 0 radical (unpaired) electrons. The maximum absolute atomic E-state index is 11.1. The molecule has 1 aromatic carbocycles. The Morgan fingerprint density at radius 3 is 2.45 bits per heavy atom. The maximum Gasteiger partial charge on any atom is 0.346 e. The molecule has 0 aromatic heterocycles. The molecule has 0 saturated carbocycles. The number of allylic oxidation sites excluding steroid dienone is 4. The molecule has 0 amide bonds. The first-order valence-electron chi connectivity index (χ1n) is 6.56. The number of benzene rings is 1. The van der Waals surface area contributed by atoms with E-state index in [1.165, 1.54) is 12.2 Å². The second kappa shape index (κ2) is 8.93. The Kier molecular flexibility index (Phi) is 6.87. The minimum atomic E-state index is -1.26. The zero-order chi connectivity index (χ0) is 16.4. The van der Waals surface area contributed by atoms with Crippen molar-refractivity contribution in [3.8, 4) is 11.8 Å². The van der Waals surface area contributed by atoms with Crippen LogP contribution in [0.4, 0.5) is 0 Å². The van der Waals surface area contributed by atoms with Crippen LogP contribution in [-0.2, 0) is 9.59 Å². The lowest BCUT2D eigenvalue weighted by Gasteiger charge is -2.02. The summed E-state index contributed by atoms with van der Waals surface area (Å²) in [7, 11) is 0. The molecule has 0 aliphatic heterocycles. The fraction of sp³-hybridized carbons (Fsp3) is 0.118. The Hall–Kier alpha value is -3.13. The number of esters is 1. The number of nitriles is 1. The van der Waals surface area contributed by atoms with Crippen molar-refractivity contribution < 1.29 is 19.4 Å². The molecule has 1 N–H and O–H groups in total. The zero-order valence-electron chi connectivity index (χ0n) is 12.0. The first kappa shape index (κ1) is 16.9. The third kappa shape index (κ3) is 5.88. The van der Waals surface area contributed by atoms with Gasteiger partial charge in [-0.2, -0.15) is 5.26 Å². The van der Waals surface area contributed by atoms with Crippen molar-refractivity contribution in [2.45, 2.75) is 13.3 Å². The summed E-state index contributed by atoms with van der Waals surface area (Å²) in [4.78, 5) is 21.7. The van der Waals surface area contributed by atoms with Crippen LogP contribution in [0.2, 0.25) is 0 Å². The average Bonchev–Trinajstić information content (AvgIpc) is 2.51. The lowest BCUT2D eigenvalue weighted by molar-refractivity contribution is -0.134. The number of aliphatic carboxylic acids is 1. The quantitative estimate of drug-likeness (QED) is 0.286. The molecule has 1 aromatic rings. The summed E-state index contributed by atoms with van der Waals surface area (Å²) in [6.07, 6.45) is 8.13. The Morgan fingerprint density at radius 2 is 1.91 bits per heavy atom. The number of rotatable bonds is 6. The van der Waals surface area contributed by atoms with E-state index in [0.717, 1.165) is 5.56 Å². The van der Waals surface area contributed by atoms with Gasteiger partial charge in [-0.3, -0.25) is 4.79 Å². The Bertz CT molecular complexity index is 661. The number of hydrogen-bond acceptors (Lipinski definition) is 4. The highest BCUT2D eigenvalue weighted by atomic mass is 16.5. The summed E-state index contributed by atoms with van der Waals surface area (Å²) in [6, 6.07) is 8.54. The van der Waals surface area contributed by atoms with E-state index >= 15 is 0 Å². The summed E-state index contributed by atoms with van der Waals surface area (Å²) in [5.74, 6) is -1.05. The van der Waals surface area contributed by atoms with E-state index in [1.807, 2.05) is 0 Å². The topological polar surface area (TPSA) is 87.4 Å². The minimum Gasteiger partial charge on any atom is -0.477 e. The summed E-state index contributed by atoms with van der Waals surface area (Å²) < 4.78 is 5.05. The lowest BCUT2D eigenvalue weighted by Crippen LogP contribution is -2.05. The molecular weight excluding hydrogens is 282 g/mol. The number of ether oxygens (including phenoxy) is 1. The molecule has 22 heavy (non-hydrogen) atoms. The van der Waals surface area contributed by atoms with Crippen molar-refractivity contribution in [2.75, 3.05) is 0 Å². The van der Waals surface area contributed by atoms with Crippen LogP contribution in [0.15, 0.2) is 54.1 Å². The summed E-state index contributed by atoms with van der Waals surface area (Å²) in [5, 5.41) is 17.2. The zero-order valence-corrected chi connectivity index (χ0v) is 12.0. The molecule has 0 aliphatic carbocycles. The molecule has 0 aliphatic rings. The predicted octanol–water partition coefficient (Wildman–Crippen LogP) is 3.11. The van der Waals surface area contributed by atoms with Crippen LogP contribution in [0.25, 0.3) is 6.08 Å². The molecule has 112 valence electrons. The van der Waals surface area contributed by atoms with Crippen LogP contribution in [-0.4, -0.2) is 17.0 Å². The molecule has 0 fully saturated rings. The van der Waals surface area contributed by atoms with Crippen LogP contribution >= 0.6 is 0 Å². The summed E-state index contributed by atoms with van der Waals surface area (Å²) in [6.45, 7) is 1.72. The molecule has 0 heterocycles. The van der Waals surface area contributed by atoms with E-state index in [2.05, 4.69) is 0 Å². The molecule has 0 spiro atoms. The fourth-order valence-electron chi connectivity index (χ4n) is 1.39. The smallest absolute Gasteiger partial charge is 0.346 e. The molecule has 0 atom stereocenters. The van der Waals surface area contributed by atoms with E-state index in [9.17, 15) is 9.59 Å². The van der Waals surface area contributed by atoms with E-state index in [-0.39, 0.29) is 11.5 Å². The second-order valence-electron chi connectivity index (χ2n) is 4.14. The highest BCUT2D eigenvalue weighted by Crippen LogP contribution is 2.13. The van der Waals surface area contributed by atoms with Gasteiger partial charge in [-0.25, -0.2) is 4.79 Å². The van der Waals surface area contributed by atoms with Crippen molar-refractivity contribution in [1.29, 1.82) is 5.26 Å². The van der Waals surface area contributed by atoms with Gasteiger partial charge >= 0.3 is 11.9 Å². The van der Waals surface area contributed by atoms with Gasteiger partial charge in [-0.15, -0.1) is 0 Å². The molecular formula is C17H15NO4. The van der Waals surface area contributed by atoms with Crippen LogP contribution in [0.3, 0.4) is 0 Å². The van der Waals surface area contributed by atoms with Crippen molar-refractivity contribution in [2.24, 2.45) is 0 Å². The van der Waals surface area contributed by atoms with Crippen LogP contribution < -0.4 is 4.74 Å². The van der Waals surface area contributed by atoms with Crippen LogP contribution in [0.1, 0.15) is 18.9 Å². The third-order valence-corrected chi connectivity index (χ3v) is 2.53.